The minimum Gasteiger partial charge on any atom is -0.478 e. The number of H-pyrrole nitrogens is 1. The van der Waals surface area contributed by atoms with Crippen LogP contribution in [0.2, 0.25) is 0 Å². The monoisotopic (exact) mass is 321 g/mol. The molecule has 0 spiro atoms. The average Bonchev–Trinajstić information content (AvgIpc) is 2.87. The van der Waals surface area contributed by atoms with Gasteiger partial charge in [0.15, 0.2) is 0 Å². The fourth-order valence-corrected chi connectivity index (χ4v) is 2.23. The predicted molar refractivity (Wildman–Crippen MR) is 75.1 cm³/mol. The normalized spacial score (nSPS) is 11.8. The van der Waals surface area contributed by atoms with Crippen molar-refractivity contribution in [2.75, 3.05) is 0 Å². The number of rotatable bonds is 3. The Hall–Kier alpha value is -2.90. The molecule has 3 aromatic heterocycles. The zero-order valence-corrected chi connectivity index (χ0v) is 11.6. The summed E-state index contributed by atoms with van der Waals surface area (Å²) in [5.41, 5.74) is 0.710. The number of aromatic nitrogens is 3. The Labute approximate surface area is 127 Å². The highest BCUT2D eigenvalue weighted by atomic mass is 19.4. The van der Waals surface area contributed by atoms with E-state index in [4.69, 9.17) is 5.11 Å². The summed E-state index contributed by atoms with van der Waals surface area (Å²) in [4.78, 5) is 21.7. The maximum Gasteiger partial charge on any atom is 0.417 e. The maximum atomic E-state index is 12.7. The lowest BCUT2D eigenvalue weighted by molar-refractivity contribution is -0.137. The van der Waals surface area contributed by atoms with Gasteiger partial charge in [-0.2, -0.15) is 13.2 Å². The second-order valence-electron chi connectivity index (χ2n) is 4.97. The number of fused-ring (bicyclic) bond motifs is 1. The molecule has 0 aliphatic heterocycles. The van der Waals surface area contributed by atoms with Gasteiger partial charge in [-0.05, 0) is 24.3 Å². The Morgan fingerprint density at radius 1 is 1.22 bits per heavy atom. The molecule has 0 aliphatic carbocycles. The highest BCUT2D eigenvalue weighted by Crippen LogP contribution is 2.30. The highest BCUT2D eigenvalue weighted by molar-refractivity contribution is 5.87. The van der Waals surface area contributed by atoms with Crippen molar-refractivity contribution in [2.45, 2.75) is 12.6 Å². The van der Waals surface area contributed by atoms with Crippen LogP contribution in [0.15, 0.2) is 36.7 Å². The van der Waals surface area contributed by atoms with E-state index in [2.05, 4.69) is 15.0 Å². The Morgan fingerprint density at radius 3 is 2.70 bits per heavy atom. The third-order valence-electron chi connectivity index (χ3n) is 3.29. The van der Waals surface area contributed by atoms with Crippen LogP contribution in [-0.2, 0) is 12.6 Å². The molecule has 0 saturated carbocycles. The lowest BCUT2D eigenvalue weighted by Gasteiger charge is -2.04. The molecule has 118 valence electrons. The molecule has 0 unspecified atom stereocenters. The standard InChI is InChI=1S/C15H10F3N3O2/c16-15(17,18)10-3-9-5-12(21-13(9)20-7-10)6-11-4-8(14(22)23)1-2-19-11/h1-5,7H,6H2,(H,20,21)(H,22,23). The molecule has 0 aliphatic rings. The van der Waals surface area contributed by atoms with Gasteiger partial charge in [0.1, 0.15) is 5.65 Å². The molecule has 3 heterocycles. The number of aromatic amines is 1. The van der Waals surface area contributed by atoms with E-state index in [0.717, 1.165) is 12.3 Å². The van der Waals surface area contributed by atoms with Gasteiger partial charge in [0, 0.05) is 35.6 Å². The van der Waals surface area contributed by atoms with Crippen LogP contribution in [-0.4, -0.2) is 26.0 Å². The van der Waals surface area contributed by atoms with Gasteiger partial charge in [-0.1, -0.05) is 0 Å². The number of pyridine rings is 2. The minimum absolute atomic E-state index is 0.101. The quantitative estimate of drug-likeness (QED) is 0.776. The third kappa shape index (κ3) is 3.15. The summed E-state index contributed by atoms with van der Waals surface area (Å²) in [6, 6.07) is 5.35. The molecule has 0 bridgehead atoms. The summed E-state index contributed by atoms with van der Waals surface area (Å²) in [7, 11) is 0. The maximum absolute atomic E-state index is 12.7. The van der Waals surface area contributed by atoms with E-state index in [1.807, 2.05) is 0 Å². The molecule has 0 amide bonds. The summed E-state index contributed by atoms with van der Waals surface area (Å²) in [5, 5.41) is 9.28. The number of hydrogen-bond donors (Lipinski definition) is 2. The van der Waals surface area contributed by atoms with Crippen molar-refractivity contribution in [1.82, 2.24) is 15.0 Å². The van der Waals surface area contributed by atoms with E-state index < -0.39 is 17.7 Å². The molecule has 0 saturated heterocycles. The van der Waals surface area contributed by atoms with Gasteiger partial charge in [0.25, 0.3) is 0 Å². The molecule has 3 rings (SSSR count). The van der Waals surface area contributed by atoms with Crippen LogP contribution in [0.3, 0.4) is 0 Å². The van der Waals surface area contributed by atoms with E-state index in [1.165, 1.54) is 18.3 Å². The average molecular weight is 321 g/mol. The molecule has 0 fully saturated rings. The zero-order chi connectivity index (χ0) is 16.6. The molecule has 0 aromatic carbocycles. The van der Waals surface area contributed by atoms with Crippen LogP contribution in [0.25, 0.3) is 11.0 Å². The Bertz CT molecular complexity index is 887. The fourth-order valence-electron chi connectivity index (χ4n) is 2.23. The van der Waals surface area contributed by atoms with Crippen molar-refractivity contribution in [3.8, 4) is 0 Å². The first-order valence-electron chi connectivity index (χ1n) is 6.56. The first kappa shape index (κ1) is 15.0. The van der Waals surface area contributed by atoms with Crippen molar-refractivity contribution in [3.05, 3.63) is 59.2 Å². The number of nitrogens with zero attached hydrogens (tertiary/aromatic N) is 2. The summed E-state index contributed by atoms with van der Waals surface area (Å²) >= 11 is 0. The molecular formula is C15H10F3N3O2. The zero-order valence-electron chi connectivity index (χ0n) is 11.6. The third-order valence-corrected chi connectivity index (χ3v) is 3.29. The molecule has 5 nitrogen and oxygen atoms in total. The number of alkyl halides is 3. The van der Waals surface area contributed by atoms with Gasteiger partial charge in [0.2, 0.25) is 0 Å². The van der Waals surface area contributed by atoms with E-state index in [9.17, 15) is 18.0 Å². The van der Waals surface area contributed by atoms with Gasteiger partial charge in [-0.25, -0.2) is 9.78 Å². The van der Waals surface area contributed by atoms with Gasteiger partial charge in [-0.15, -0.1) is 0 Å². The summed E-state index contributed by atoms with van der Waals surface area (Å²) in [6.45, 7) is 0. The number of carbonyl (C=O) groups is 1. The highest BCUT2D eigenvalue weighted by Gasteiger charge is 2.31. The molecule has 3 aromatic rings. The van der Waals surface area contributed by atoms with Crippen LogP contribution in [0.5, 0.6) is 0 Å². The number of aromatic carboxylic acids is 1. The minimum atomic E-state index is -4.45. The van der Waals surface area contributed by atoms with Crippen LogP contribution in [0, 0.1) is 0 Å². The first-order valence-corrected chi connectivity index (χ1v) is 6.56. The van der Waals surface area contributed by atoms with Crippen LogP contribution in [0.4, 0.5) is 13.2 Å². The number of halogens is 3. The Balaban J connectivity index is 1.92. The largest absolute Gasteiger partial charge is 0.478 e. The Kier molecular flexibility index (Phi) is 3.51. The second-order valence-corrected chi connectivity index (χ2v) is 4.97. The van der Waals surface area contributed by atoms with Crippen LogP contribution >= 0.6 is 0 Å². The van der Waals surface area contributed by atoms with Gasteiger partial charge in [0.05, 0.1) is 11.1 Å². The second kappa shape index (κ2) is 5.38. The lowest BCUT2D eigenvalue weighted by Crippen LogP contribution is -2.04. The van der Waals surface area contributed by atoms with E-state index >= 15 is 0 Å². The van der Waals surface area contributed by atoms with Crippen LogP contribution in [0.1, 0.15) is 27.3 Å². The summed E-state index contributed by atoms with van der Waals surface area (Å²) in [6.07, 6.45) is -2.04. The number of carboxylic acid groups (broad SMARTS) is 1. The molecule has 8 heteroatoms. The number of hydrogen-bond acceptors (Lipinski definition) is 3. The molecule has 0 atom stereocenters. The van der Waals surface area contributed by atoms with Crippen molar-refractivity contribution in [2.24, 2.45) is 0 Å². The van der Waals surface area contributed by atoms with Crippen LogP contribution < -0.4 is 0 Å². The van der Waals surface area contributed by atoms with E-state index in [0.29, 0.717) is 22.4 Å². The van der Waals surface area contributed by atoms with E-state index in [-0.39, 0.29) is 12.0 Å². The molecule has 0 radical (unpaired) electrons. The molecule has 23 heavy (non-hydrogen) atoms. The summed E-state index contributed by atoms with van der Waals surface area (Å²) < 4.78 is 38.0. The van der Waals surface area contributed by atoms with Gasteiger partial charge in [-0.3, -0.25) is 4.98 Å². The lowest BCUT2D eigenvalue weighted by atomic mass is 10.1. The van der Waals surface area contributed by atoms with Crippen molar-refractivity contribution < 1.29 is 23.1 Å². The fraction of sp³-hybridized carbons (Fsp3) is 0.133. The van der Waals surface area contributed by atoms with Crippen molar-refractivity contribution in [3.63, 3.8) is 0 Å². The van der Waals surface area contributed by atoms with Gasteiger partial charge < -0.3 is 10.1 Å². The van der Waals surface area contributed by atoms with Crippen molar-refractivity contribution in [1.29, 1.82) is 0 Å². The molecule has 2 N–H and O–H groups in total. The number of carboxylic acids is 1. The first-order chi connectivity index (χ1) is 10.8. The SMILES string of the molecule is O=C(O)c1ccnc(Cc2cc3cc(C(F)(F)F)cnc3[nH]2)c1. The smallest absolute Gasteiger partial charge is 0.417 e. The topological polar surface area (TPSA) is 78.9 Å². The van der Waals surface area contributed by atoms with Crippen molar-refractivity contribution >= 4 is 17.0 Å². The van der Waals surface area contributed by atoms with Gasteiger partial charge >= 0.3 is 12.1 Å². The molecular weight excluding hydrogens is 311 g/mol. The number of nitrogens with one attached hydrogen (secondary N) is 1. The Morgan fingerprint density at radius 2 is 2.00 bits per heavy atom. The summed E-state index contributed by atoms with van der Waals surface area (Å²) in [5.74, 6) is -1.07. The van der Waals surface area contributed by atoms with E-state index in [1.54, 1.807) is 6.07 Å². The predicted octanol–water partition coefficient (Wildman–Crippen LogP) is 3.27.